The number of nitrogens with zero attached hydrogens (tertiary/aromatic N) is 3. The molecule has 0 aliphatic heterocycles. The van der Waals surface area contributed by atoms with Crippen molar-refractivity contribution in [1.29, 1.82) is 0 Å². The predicted octanol–water partition coefficient (Wildman–Crippen LogP) is 3.07. The summed E-state index contributed by atoms with van der Waals surface area (Å²) in [6.45, 7) is 0.570. The Kier molecular flexibility index (Phi) is 6.09. The Balaban J connectivity index is 1.43. The van der Waals surface area contributed by atoms with Crippen molar-refractivity contribution < 1.29 is 18.3 Å². The summed E-state index contributed by atoms with van der Waals surface area (Å²) in [6, 6.07) is 13.0. The normalized spacial score (nSPS) is 10.6. The first kappa shape index (κ1) is 18.5. The van der Waals surface area contributed by atoms with Gasteiger partial charge < -0.3 is 10.1 Å². The molecule has 1 aromatic heterocycles. The van der Waals surface area contributed by atoms with Gasteiger partial charge in [-0.25, -0.2) is 18.3 Å². The van der Waals surface area contributed by atoms with Crippen LogP contribution in [0.25, 0.3) is 0 Å². The van der Waals surface area contributed by atoms with Crippen LogP contribution < -0.4 is 5.32 Å². The van der Waals surface area contributed by atoms with E-state index in [1.807, 2.05) is 30.3 Å². The molecule has 1 amide bonds. The fourth-order valence-electron chi connectivity index (χ4n) is 2.52. The van der Waals surface area contributed by atoms with Gasteiger partial charge in [-0.3, -0.25) is 0 Å². The molecular weight excluding hydrogens is 354 g/mol. The van der Waals surface area contributed by atoms with Crippen LogP contribution in [0.2, 0.25) is 0 Å². The number of nitrogens with one attached hydrogen (secondary N) is 1. The van der Waals surface area contributed by atoms with E-state index < -0.39 is 17.7 Å². The van der Waals surface area contributed by atoms with Crippen molar-refractivity contribution in [1.82, 2.24) is 20.3 Å². The van der Waals surface area contributed by atoms with Gasteiger partial charge in [0, 0.05) is 12.6 Å². The molecule has 0 spiro atoms. The number of amides is 1. The Morgan fingerprint density at radius 1 is 1.07 bits per heavy atom. The molecule has 3 aromatic rings. The molecule has 2 aromatic carbocycles. The van der Waals surface area contributed by atoms with E-state index in [1.165, 1.54) is 16.8 Å². The summed E-state index contributed by atoms with van der Waals surface area (Å²) < 4.78 is 32.9. The average Bonchev–Trinajstić information content (AvgIpc) is 3.07. The second kappa shape index (κ2) is 8.88. The molecule has 0 saturated heterocycles. The summed E-state index contributed by atoms with van der Waals surface area (Å²) >= 11 is 0. The molecule has 8 heteroatoms. The summed E-state index contributed by atoms with van der Waals surface area (Å²) in [7, 11) is 0. The van der Waals surface area contributed by atoms with E-state index in [1.54, 1.807) is 6.20 Å². The highest BCUT2D eigenvalue weighted by Crippen LogP contribution is 2.09. The summed E-state index contributed by atoms with van der Waals surface area (Å²) in [5, 5.41) is 10.4. The summed E-state index contributed by atoms with van der Waals surface area (Å²) in [5.41, 5.74) is 1.98. The largest absolute Gasteiger partial charge is 0.443 e. The lowest BCUT2D eigenvalue weighted by atomic mass is 10.1. The van der Waals surface area contributed by atoms with Gasteiger partial charge in [0.15, 0.2) is 0 Å². The van der Waals surface area contributed by atoms with Crippen LogP contribution in [0.3, 0.4) is 0 Å². The first-order valence-electron chi connectivity index (χ1n) is 8.37. The van der Waals surface area contributed by atoms with Crippen LogP contribution in [0.5, 0.6) is 0 Å². The van der Waals surface area contributed by atoms with Crippen LogP contribution in [0.1, 0.15) is 16.8 Å². The molecule has 140 valence electrons. The van der Waals surface area contributed by atoms with E-state index >= 15 is 0 Å². The van der Waals surface area contributed by atoms with Crippen molar-refractivity contribution in [3.05, 3.63) is 83.2 Å². The quantitative estimate of drug-likeness (QED) is 0.692. The van der Waals surface area contributed by atoms with Gasteiger partial charge in [-0.2, -0.15) is 0 Å². The van der Waals surface area contributed by atoms with E-state index in [4.69, 9.17) is 4.74 Å². The number of alkyl carbamates (subject to hydrolysis) is 1. The van der Waals surface area contributed by atoms with Crippen LogP contribution in [-0.4, -0.2) is 27.6 Å². The van der Waals surface area contributed by atoms with Gasteiger partial charge in [0.1, 0.15) is 23.9 Å². The Morgan fingerprint density at radius 3 is 2.56 bits per heavy atom. The Morgan fingerprint density at radius 2 is 1.81 bits per heavy atom. The van der Waals surface area contributed by atoms with E-state index in [9.17, 15) is 13.6 Å². The molecule has 0 saturated carbocycles. The van der Waals surface area contributed by atoms with Gasteiger partial charge in [0.05, 0.1) is 12.7 Å². The third-order valence-corrected chi connectivity index (χ3v) is 3.73. The number of ether oxygens (including phenoxy) is 1. The van der Waals surface area contributed by atoms with Crippen molar-refractivity contribution in [2.24, 2.45) is 0 Å². The monoisotopic (exact) mass is 372 g/mol. The highest BCUT2D eigenvalue weighted by Gasteiger charge is 2.07. The molecule has 0 unspecified atom stereocenters. The zero-order valence-electron chi connectivity index (χ0n) is 14.4. The molecule has 0 radical (unpaired) electrons. The second-order valence-electron chi connectivity index (χ2n) is 5.92. The van der Waals surface area contributed by atoms with Crippen LogP contribution in [0, 0.1) is 11.6 Å². The lowest BCUT2D eigenvalue weighted by molar-refractivity contribution is 0.138. The van der Waals surface area contributed by atoms with Crippen molar-refractivity contribution in [2.45, 2.75) is 19.6 Å². The van der Waals surface area contributed by atoms with E-state index in [0.29, 0.717) is 24.2 Å². The Labute approximate surface area is 154 Å². The fourth-order valence-corrected chi connectivity index (χ4v) is 2.52. The molecular formula is C19H18F2N4O2. The van der Waals surface area contributed by atoms with Crippen molar-refractivity contribution in [3.8, 4) is 0 Å². The van der Waals surface area contributed by atoms with Crippen LogP contribution in [0.15, 0.2) is 54.7 Å². The minimum absolute atomic E-state index is 0.0469. The zero-order chi connectivity index (χ0) is 19.1. The lowest BCUT2D eigenvalue weighted by Gasteiger charge is -2.05. The predicted molar refractivity (Wildman–Crippen MR) is 93.8 cm³/mol. The van der Waals surface area contributed by atoms with Crippen molar-refractivity contribution >= 4 is 6.09 Å². The lowest BCUT2D eigenvalue weighted by Crippen LogP contribution is -2.26. The van der Waals surface area contributed by atoms with E-state index in [-0.39, 0.29) is 13.2 Å². The van der Waals surface area contributed by atoms with Gasteiger partial charge in [-0.1, -0.05) is 35.5 Å². The van der Waals surface area contributed by atoms with Crippen LogP contribution in [0.4, 0.5) is 13.6 Å². The molecule has 3 rings (SSSR count). The minimum Gasteiger partial charge on any atom is -0.443 e. The third-order valence-electron chi connectivity index (χ3n) is 3.73. The van der Waals surface area contributed by atoms with Gasteiger partial charge in [0.2, 0.25) is 0 Å². The molecule has 1 heterocycles. The number of hydrogen-bond donors (Lipinski definition) is 1. The van der Waals surface area contributed by atoms with Crippen molar-refractivity contribution in [3.63, 3.8) is 0 Å². The minimum atomic E-state index is -0.652. The first-order chi connectivity index (χ1) is 13.1. The maximum atomic E-state index is 13.2. The van der Waals surface area contributed by atoms with Crippen LogP contribution in [-0.2, 0) is 24.3 Å². The molecule has 6 nitrogen and oxygen atoms in total. The van der Waals surface area contributed by atoms with Crippen molar-refractivity contribution in [2.75, 3.05) is 6.54 Å². The van der Waals surface area contributed by atoms with Gasteiger partial charge >= 0.3 is 6.09 Å². The highest BCUT2D eigenvalue weighted by atomic mass is 19.1. The average molecular weight is 372 g/mol. The number of carbonyl (C=O) groups excluding carboxylic acids is 1. The molecule has 0 atom stereocenters. The molecule has 0 fully saturated rings. The summed E-state index contributed by atoms with van der Waals surface area (Å²) in [6.07, 6.45) is 1.71. The Hall–Kier alpha value is -3.29. The number of rotatable bonds is 7. The van der Waals surface area contributed by atoms with Gasteiger partial charge in [-0.05, 0) is 29.7 Å². The standard InChI is InChI=1S/C19H18F2N4O2/c20-16-8-15(9-17(21)10-16)11-25-12-18(23-24-25)13-27-19(26)22-7-6-14-4-2-1-3-5-14/h1-5,8-10,12H,6-7,11,13H2,(H,22,26). The fraction of sp³-hybridized carbons (Fsp3) is 0.211. The number of aromatic nitrogens is 3. The zero-order valence-corrected chi connectivity index (χ0v) is 14.4. The summed E-state index contributed by atoms with van der Waals surface area (Å²) in [5.74, 6) is -1.30. The SMILES string of the molecule is O=C(NCCc1ccccc1)OCc1cn(Cc2cc(F)cc(F)c2)nn1. The van der Waals surface area contributed by atoms with E-state index in [0.717, 1.165) is 11.6 Å². The maximum absolute atomic E-state index is 13.2. The molecule has 0 aliphatic rings. The third kappa shape index (κ3) is 5.88. The molecule has 0 bridgehead atoms. The maximum Gasteiger partial charge on any atom is 0.407 e. The Bertz CT molecular complexity index is 879. The first-order valence-corrected chi connectivity index (χ1v) is 8.37. The van der Waals surface area contributed by atoms with Crippen LogP contribution >= 0.6 is 0 Å². The molecule has 27 heavy (non-hydrogen) atoms. The number of benzene rings is 2. The number of hydrogen-bond acceptors (Lipinski definition) is 4. The second-order valence-corrected chi connectivity index (χ2v) is 5.92. The molecule has 0 aliphatic carbocycles. The topological polar surface area (TPSA) is 69.0 Å². The van der Waals surface area contributed by atoms with E-state index in [2.05, 4.69) is 15.6 Å². The highest BCUT2D eigenvalue weighted by molar-refractivity contribution is 5.67. The summed E-state index contributed by atoms with van der Waals surface area (Å²) in [4.78, 5) is 11.7. The molecule has 1 N–H and O–H groups in total. The smallest absolute Gasteiger partial charge is 0.407 e. The van der Waals surface area contributed by atoms with Gasteiger partial charge in [0.25, 0.3) is 0 Å². The number of halogens is 2. The number of carbonyl (C=O) groups is 1. The van der Waals surface area contributed by atoms with Gasteiger partial charge in [-0.15, -0.1) is 5.10 Å².